The molecule has 1 rings (SSSR count). The van der Waals surface area contributed by atoms with Crippen molar-refractivity contribution in [3.8, 4) is 0 Å². The zero-order valence-electron chi connectivity index (χ0n) is 9.39. The summed E-state index contributed by atoms with van der Waals surface area (Å²) in [6, 6.07) is 0. The van der Waals surface area contributed by atoms with Crippen molar-refractivity contribution in [2.75, 3.05) is 7.05 Å². The lowest BCUT2D eigenvalue weighted by atomic mass is 9.82. The largest absolute Gasteiger partial charge is 0.359 e. The molecule has 0 bridgehead atoms. The highest BCUT2D eigenvalue weighted by atomic mass is 16.1. The monoisotopic (exact) mass is 185 g/mol. The molecule has 2 heteroatoms. The van der Waals surface area contributed by atoms with E-state index in [1.54, 1.807) is 7.05 Å². The van der Waals surface area contributed by atoms with Gasteiger partial charge < -0.3 is 5.32 Å². The van der Waals surface area contributed by atoms with E-state index in [1.807, 2.05) is 13.8 Å². The molecule has 0 heterocycles. The van der Waals surface area contributed by atoms with Gasteiger partial charge >= 0.3 is 0 Å². The van der Waals surface area contributed by atoms with Gasteiger partial charge in [0.25, 0.3) is 0 Å². The van der Waals surface area contributed by atoms with E-state index >= 15 is 0 Å². The molecule has 1 fully saturated rings. The molecule has 0 aromatic rings. The van der Waals surface area contributed by atoms with Gasteiger partial charge in [0.1, 0.15) is 0 Å². The Morgan fingerprint density at radius 1 is 1.31 bits per heavy atom. The molecule has 78 valence electrons. The molecule has 0 saturated heterocycles. The molecule has 13 heavy (non-hydrogen) atoms. The van der Waals surface area contributed by atoms with Gasteiger partial charge in [-0.25, -0.2) is 0 Å². The minimum absolute atomic E-state index is 0.233. The maximum absolute atomic E-state index is 11.2. The number of carbonyl (C=O) groups is 1. The highest BCUT2D eigenvalue weighted by Gasteiger charge is 2.23. The van der Waals surface area contributed by atoms with Crippen LogP contribution in [0.3, 0.4) is 0 Å². The van der Waals surface area contributed by atoms with Gasteiger partial charge in [-0.2, -0.15) is 0 Å². The Hall–Kier alpha value is -0.530. The van der Waals surface area contributed by atoms with E-state index in [0.29, 0.717) is 5.92 Å². The molecule has 1 aliphatic rings. The topological polar surface area (TPSA) is 29.1 Å². The molecule has 0 aromatic carbocycles. The van der Waals surface area contributed by atoms with Crippen LogP contribution < -0.4 is 5.32 Å². The predicted octanol–water partition coefficient (Wildman–Crippen LogP) is 2.58. The average molecular weight is 185 g/mol. The maximum atomic E-state index is 11.2. The molecule has 1 aliphatic carbocycles. The molecule has 0 aromatic heterocycles. The summed E-state index contributed by atoms with van der Waals surface area (Å²) in [7, 11) is 1.72. The van der Waals surface area contributed by atoms with Gasteiger partial charge in [-0.1, -0.05) is 33.6 Å². The van der Waals surface area contributed by atoms with Crippen molar-refractivity contribution in [2.24, 2.45) is 11.8 Å². The lowest BCUT2D eigenvalue weighted by Crippen LogP contribution is -2.30. The molecule has 1 saturated carbocycles. The minimum atomic E-state index is 0.233. The van der Waals surface area contributed by atoms with Gasteiger partial charge in [0.05, 0.1) is 0 Å². The SMILES string of the molecule is CC.CNC(=O)C1CCCC(C)C1. The Morgan fingerprint density at radius 3 is 2.38 bits per heavy atom. The number of amides is 1. The highest BCUT2D eigenvalue weighted by Crippen LogP contribution is 2.28. The standard InChI is InChI=1S/C9H17NO.C2H6/c1-7-4-3-5-8(6-7)9(11)10-2;1-2/h7-8H,3-6H2,1-2H3,(H,10,11);1-2H3. The third-order valence-electron chi connectivity index (χ3n) is 2.55. The Kier molecular flexibility index (Phi) is 6.65. The summed E-state index contributed by atoms with van der Waals surface area (Å²) in [6.45, 7) is 6.23. The van der Waals surface area contributed by atoms with Crippen LogP contribution in [0.4, 0.5) is 0 Å². The first-order valence-electron chi connectivity index (χ1n) is 5.45. The summed E-state index contributed by atoms with van der Waals surface area (Å²) in [5.41, 5.74) is 0. The van der Waals surface area contributed by atoms with E-state index in [4.69, 9.17) is 0 Å². The van der Waals surface area contributed by atoms with Crippen LogP contribution in [-0.4, -0.2) is 13.0 Å². The number of carbonyl (C=O) groups excluding carboxylic acids is 1. The van der Waals surface area contributed by atoms with Crippen LogP contribution in [-0.2, 0) is 4.79 Å². The van der Waals surface area contributed by atoms with E-state index in [2.05, 4.69) is 12.2 Å². The van der Waals surface area contributed by atoms with Crippen molar-refractivity contribution in [3.05, 3.63) is 0 Å². The normalized spacial score (nSPS) is 27.1. The molecule has 2 unspecified atom stereocenters. The maximum Gasteiger partial charge on any atom is 0.222 e. The van der Waals surface area contributed by atoms with Crippen molar-refractivity contribution in [2.45, 2.75) is 46.5 Å². The average Bonchev–Trinajstić information content (AvgIpc) is 2.20. The van der Waals surface area contributed by atoms with E-state index in [9.17, 15) is 4.79 Å². The van der Waals surface area contributed by atoms with Crippen LogP contribution in [0.2, 0.25) is 0 Å². The van der Waals surface area contributed by atoms with Crippen molar-refractivity contribution in [1.29, 1.82) is 0 Å². The molecular weight excluding hydrogens is 162 g/mol. The van der Waals surface area contributed by atoms with E-state index in [-0.39, 0.29) is 5.91 Å². The van der Waals surface area contributed by atoms with Crippen molar-refractivity contribution < 1.29 is 4.79 Å². The summed E-state index contributed by atoms with van der Waals surface area (Å²) < 4.78 is 0. The Labute approximate surface area is 82.1 Å². The molecule has 1 amide bonds. The summed E-state index contributed by atoms with van der Waals surface area (Å²) >= 11 is 0. The Bertz CT molecular complexity index is 145. The van der Waals surface area contributed by atoms with Crippen molar-refractivity contribution in [1.82, 2.24) is 5.32 Å². The smallest absolute Gasteiger partial charge is 0.222 e. The van der Waals surface area contributed by atoms with E-state index in [0.717, 1.165) is 18.8 Å². The second-order valence-corrected chi connectivity index (χ2v) is 3.58. The summed E-state index contributed by atoms with van der Waals surface area (Å²) in [5, 5.41) is 2.72. The lowest BCUT2D eigenvalue weighted by Gasteiger charge is -2.24. The van der Waals surface area contributed by atoms with Gasteiger partial charge in [-0.15, -0.1) is 0 Å². The van der Waals surface area contributed by atoms with Crippen LogP contribution in [0.5, 0.6) is 0 Å². The van der Waals surface area contributed by atoms with Crippen molar-refractivity contribution in [3.63, 3.8) is 0 Å². The first-order chi connectivity index (χ1) is 6.24. The molecule has 2 atom stereocenters. The summed E-state index contributed by atoms with van der Waals surface area (Å²) in [5.74, 6) is 1.27. The highest BCUT2D eigenvalue weighted by molar-refractivity contribution is 5.78. The predicted molar refractivity (Wildman–Crippen MR) is 56.5 cm³/mol. The molecule has 2 nitrogen and oxygen atoms in total. The number of hydrogen-bond donors (Lipinski definition) is 1. The van der Waals surface area contributed by atoms with Gasteiger partial charge in [0.15, 0.2) is 0 Å². The van der Waals surface area contributed by atoms with Gasteiger partial charge in [0.2, 0.25) is 5.91 Å². The summed E-state index contributed by atoms with van der Waals surface area (Å²) in [6.07, 6.45) is 4.69. The minimum Gasteiger partial charge on any atom is -0.359 e. The fourth-order valence-electron chi connectivity index (χ4n) is 1.88. The van der Waals surface area contributed by atoms with Crippen LogP contribution in [0, 0.1) is 11.8 Å². The quantitative estimate of drug-likeness (QED) is 0.668. The molecule has 0 spiro atoms. The first-order valence-corrected chi connectivity index (χ1v) is 5.45. The molecule has 0 radical (unpaired) electrons. The lowest BCUT2D eigenvalue weighted by molar-refractivity contribution is -0.125. The second-order valence-electron chi connectivity index (χ2n) is 3.58. The first kappa shape index (κ1) is 12.5. The molecular formula is C11H23NO. The van der Waals surface area contributed by atoms with Crippen molar-refractivity contribution >= 4 is 5.91 Å². The van der Waals surface area contributed by atoms with Crippen LogP contribution in [0.1, 0.15) is 46.5 Å². The Morgan fingerprint density at radius 2 is 1.92 bits per heavy atom. The fraction of sp³-hybridized carbons (Fsp3) is 0.909. The van der Waals surface area contributed by atoms with E-state index < -0.39 is 0 Å². The van der Waals surface area contributed by atoms with Crippen LogP contribution >= 0.6 is 0 Å². The second kappa shape index (κ2) is 6.93. The summed E-state index contributed by atoms with van der Waals surface area (Å²) in [4.78, 5) is 11.2. The van der Waals surface area contributed by atoms with Gasteiger partial charge in [-0.3, -0.25) is 4.79 Å². The number of hydrogen-bond acceptors (Lipinski definition) is 1. The van der Waals surface area contributed by atoms with Gasteiger partial charge in [-0.05, 0) is 18.8 Å². The van der Waals surface area contributed by atoms with Crippen LogP contribution in [0.15, 0.2) is 0 Å². The third-order valence-corrected chi connectivity index (χ3v) is 2.55. The molecule has 1 N–H and O–H groups in total. The molecule has 0 aliphatic heterocycles. The fourth-order valence-corrected chi connectivity index (χ4v) is 1.88. The number of rotatable bonds is 1. The zero-order chi connectivity index (χ0) is 10.3. The van der Waals surface area contributed by atoms with E-state index in [1.165, 1.54) is 12.8 Å². The van der Waals surface area contributed by atoms with Gasteiger partial charge in [0, 0.05) is 13.0 Å². The third kappa shape index (κ3) is 4.30. The number of nitrogens with one attached hydrogen (secondary N) is 1. The Balaban J connectivity index is 0.000000671. The zero-order valence-corrected chi connectivity index (χ0v) is 9.39. The van der Waals surface area contributed by atoms with Crippen LogP contribution in [0.25, 0.3) is 0 Å².